The maximum atomic E-state index is 12.9. The Labute approximate surface area is 161 Å². The van der Waals surface area contributed by atoms with Crippen molar-refractivity contribution in [3.8, 4) is 17.2 Å². The summed E-state index contributed by atoms with van der Waals surface area (Å²) in [7, 11) is 0. The number of piperidine rings is 1. The van der Waals surface area contributed by atoms with Crippen molar-refractivity contribution in [3.63, 3.8) is 0 Å². The van der Waals surface area contributed by atoms with Gasteiger partial charge in [-0.2, -0.15) is 0 Å². The lowest BCUT2D eigenvalue weighted by molar-refractivity contribution is -0.121. The van der Waals surface area contributed by atoms with Crippen LogP contribution in [0.3, 0.4) is 0 Å². The molecule has 2 aromatic carbocycles. The van der Waals surface area contributed by atoms with Gasteiger partial charge in [0.15, 0.2) is 17.2 Å². The summed E-state index contributed by atoms with van der Waals surface area (Å²) < 4.78 is 12.9. The van der Waals surface area contributed by atoms with Crippen molar-refractivity contribution in [3.05, 3.63) is 53.3 Å². The van der Waals surface area contributed by atoms with Crippen molar-refractivity contribution >= 4 is 11.8 Å². The molecule has 4 N–H and O–H groups in total. The summed E-state index contributed by atoms with van der Waals surface area (Å²) in [4.78, 5) is 26.2. The number of phenolic OH excluding ortho intramolecular Hbond substituents is 3. The van der Waals surface area contributed by atoms with Crippen LogP contribution in [0.15, 0.2) is 36.4 Å². The quantitative estimate of drug-likeness (QED) is 0.598. The first-order valence-corrected chi connectivity index (χ1v) is 8.91. The summed E-state index contributed by atoms with van der Waals surface area (Å²) in [5, 5.41) is 31.4. The van der Waals surface area contributed by atoms with Gasteiger partial charge in [0, 0.05) is 24.7 Å². The van der Waals surface area contributed by atoms with E-state index in [1.165, 1.54) is 12.1 Å². The van der Waals surface area contributed by atoms with Gasteiger partial charge >= 0.3 is 0 Å². The number of hydrogen-bond acceptors (Lipinski definition) is 5. The Morgan fingerprint density at radius 2 is 1.61 bits per heavy atom. The second-order valence-corrected chi connectivity index (χ2v) is 6.80. The summed E-state index contributed by atoms with van der Waals surface area (Å²) >= 11 is 0. The molecule has 8 heteroatoms. The van der Waals surface area contributed by atoms with E-state index in [1.807, 2.05) is 0 Å². The minimum atomic E-state index is -0.667. The molecule has 0 bridgehead atoms. The minimum Gasteiger partial charge on any atom is -0.504 e. The molecule has 28 heavy (non-hydrogen) atoms. The third-order valence-electron chi connectivity index (χ3n) is 4.74. The summed E-state index contributed by atoms with van der Waals surface area (Å²) in [6.07, 6.45) is 1.29. The molecule has 0 aliphatic carbocycles. The van der Waals surface area contributed by atoms with Crippen LogP contribution in [0, 0.1) is 5.82 Å². The number of amides is 2. The number of likely N-dealkylation sites (tertiary alicyclic amines) is 1. The molecule has 1 saturated heterocycles. The van der Waals surface area contributed by atoms with Crippen LogP contribution in [0.1, 0.15) is 28.8 Å². The molecular formula is C20H21FN2O5. The molecule has 3 rings (SSSR count). The van der Waals surface area contributed by atoms with Crippen LogP contribution in [0.4, 0.5) is 4.39 Å². The highest BCUT2D eigenvalue weighted by Gasteiger charge is 2.25. The zero-order valence-corrected chi connectivity index (χ0v) is 15.1. The third kappa shape index (κ3) is 4.51. The Balaban J connectivity index is 1.52. The van der Waals surface area contributed by atoms with Gasteiger partial charge in [0.2, 0.25) is 5.91 Å². The normalized spacial score (nSPS) is 14.7. The van der Waals surface area contributed by atoms with Crippen LogP contribution >= 0.6 is 0 Å². The molecule has 1 heterocycles. The van der Waals surface area contributed by atoms with Crippen molar-refractivity contribution in [2.75, 3.05) is 13.1 Å². The fraction of sp³-hybridized carbons (Fsp3) is 0.300. The van der Waals surface area contributed by atoms with Gasteiger partial charge in [-0.1, -0.05) is 12.1 Å². The molecule has 0 atom stereocenters. The van der Waals surface area contributed by atoms with E-state index in [-0.39, 0.29) is 35.7 Å². The molecule has 0 aromatic heterocycles. The summed E-state index contributed by atoms with van der Waals surface area (Å²) in [5.74, 6) is -2.68. The van der Waals surface area contributed by atoms with E-state index in [4.69, 9.17) is 0 Å². The van der Waals surface area contributed by atoms with Gasteiger partial charge < -0.3 is 25.5 Å². The van der Waals surface area contributed by atoms with E-state index >= 15 is 0 Å². The van der Waals surface area contributed by atoms with Gasteiger partial charge in [0.05, 0.1) is 6.42 Å². The number of halogens is 1. The molecule has 2 aromatic rings. The zero-order chi connectivity index (χ0) is 20.3. The number of nitrogens with zero attached hydrogens (tertiary/aromatic N) is 1. The van der Waals surface area contributed by atoms with E-state index in [0.717, 1.165) is 17.7 Å². The number of benzene rings is 2. The van der Waals surface area contributed by atoms with Crippen LogP contribution < -0.4 is 5.32 Å². The number of nitrogens with one attached hydrogen (secondary N) is 1. The van der Waals surface area contributed by atoms with E-state index < -0.39 is 17.2 Å². The van der Waals surface area contributed by atoms with Crippen molar-refractivity contribution in [2.24, 2.45) is 0 Å². The molecule has 0 unspecified atom stereocenters. The van der Waals surface area contributed by atoms with Crippen LogP contribution in [0.5, 0.6) is 17.2 Å². The van der Waals surface area contributed by atoms with Crippen molar-refractivity contribution < 1.29 is 29.3 Å². The van der Waals surface area contributed by atoms with E-state index in [1.54, 1.807) is 17.0 Å². The van der Waals surface area contributed by atoms with Crippen molar-refractivity contribution in [2.45, 2.75) is 25.3 Å². The lowest BCUT2D eigenvalue weighted by Crippen LogP contribution is -2.46. The third-order valence-corrected chi connectivity index (χ3v) is 4.74. The highest BCUT2D eigenvalue weighted by molar-refractivity contribution is 5.95. The Morgan fingerprint density at radius 1 is 1.04 bits per heavy atom. The molecular weight excluding hydrogens is 367 g/mol. The molecule has 1 aliphatic rings. The van der Waals surface area contributed by atoms with Crippen molar-refractivity contribution in [1.29, 1.82) is 0 Å². The topological polar surface area (TPSA) is 110 Å². The summed E-state index contributed by atoms with van der Waals surface area (Å²) in [6, 6.07) is 7.90. The first-order chi connectivity index (χ1) is 13.3. The maximum absolute atomic E-state index is 12.9. The lowest BCUT2D eigenvalue weighted by atomic mass is 10.0. The highest BCUT2D eigenvalue weighted by atomic mass is 19.1. The molecule has 2 amide bonds. The Kier molecular flexibility index (Phi) is 5.67. The van der Waals surface area contributed by atoms with Gasteiger partial charge in [-0.3, -0.25) is 9.59 Å². The number of carbonyl (C=O) groups is 2. The van der Waals surface area contributed by atoms with Crippen LogP contribution in [-0.2, 0) is 11.2 Å². The minimum absolute atomic E-state index is 0.0707. The summed E-state index contributed by atoms with van der Waals surface area (Å²) in [5.41, 5.74) is 0.796. The van der Waals surface area contributed by atoms with Crippen molar-refractivity contribution in [1.82, 2.24) is 10.2 Å². The van der Waals surface area contributed by atoms with Gasteiger partial charge in [-0.25, -0.2) is 4.39 Å². The fourth-order valence-electron chi connectivity index (χ4n) is 3.20. The number of phenols is 3. The first-order valence-electron chi connectivity index (χ1n) is 8.91. The monoisotopic (exact) mass is 388 g/mol. The number of rotatable bonds is 4. The molecule has 0 saturated carbocycles. The molecule has 0 radical (unpaired) electrons. The van der Waals surface area contributed by atoms with Gasteiger partial charge in [-0.05, 0) is 42.7 Å². The Bertz CT molecular complexity index is 854. The summed E-state index contributed by atoms with van der Waals surface area (Å²) in [6.45, 7) is 0.811. The molecule has 7 nitrogen and oxygen atoms in total. The zero-order valence-electron chi connectivity index (χ0n) is 15.1. The van der Waals surface area contributed by atoms with E-state index in [2.05, 4.69) is 5.32 Å². The second kappa shape index (κ2) is 8.16. The van der Waals surface area contributed by atoms with Gasteiger partial charge in [0.1, 0.15) is 5.82 Å². The second-order valence-electron chi connectivity index (χ2n) is 6.80. The predicted octanol–water partition coefficient (Wildman–Crippen LogP) is 1.91. The van der Waals surface area contributed by atoms with Gasteiger partial charge in [-0.15, -0.1) is 0 Å². The largest absolute Gasteiger partial charge is 0.504 e. The van der Waals surface area contributed by atoms with E-state index in [0.29, 0.717) is 25.9 Å². The van der Waals surface area contributed by atoms with Gasteiger partial charge in [0.25, 0.3) is 5.91 Å². The standard InChI is InChI=1S/C20H21FN2O5/c21-14-3-1-12(2-4-14)9-18(26)22-15-5-7-23(8-6-15)20(28)13-10-16(24)19(27)17(25)11-13/h1-4,10-11,15,24-25,27H,5-9H2,(H,22,26). The van der Waals surface area contributed by atoms with E-state index in [9.17, 15) is 29.3 Å². The molecule has 148 valence electrons. The SMILES string of the molecule is O=C(Cc1ccc(F)cc1)NC1CCN(C(=O)c2cc(O)c(O)c(O)c2)CC1. The average molecular weight is 388 g/mol. The number of hydrogen-bond donors (Lipinski definition) is 4. The number of aromatic hydroxyl groups is 3. The van der Waals surface area contributed by atoms with Crippen LogP contribution in [-0.4, -0.2) is 51.2 Å². The molecule has 1 fully saturated rings. The molecule has 1 aliphatic heterocycles. The predicted molar refractivity (Wildman–Crippen MR) is 98.6 cm³/mol. The Hall–Kier alpha value is -3.29. The smallest absolute Gasteiger partial charge is 0.254 e. The van der Waals surface area contributed by atoms with Crippen LogP contribution in [0.25, 0.3) is 0 Å². The van der Waals surface area contributed by atoms with Crippen LogP contribution in [0.2, 0.25) is 0 Å². The molecule has 0 spiro atoms. The highest BCUT2D eigenvalue weighted by Crippen LogP contribution is 2.35. The lowest BCUT2D eigenvalue weighted by Gasteiger charge is -2.32. The maximum Gasteiger partial charge on any atom is 0.254 e. The number of carbonyl (C=O) groups excluding carboxylic acids is 2. The fourth-order valence-corrected chi connectivity index (χ4v) is 3.20. The average Bonchev–Trinajstić information content (AvgIpc) is 2.67. The Morgan fingerprint density at radius 3 is 2.18 bits per heavy atom. The first kappa shape index (κ1) is 19.5.